The molecule has 1 fully saturated rings. The van der Waals surface area contributed by atoms with Gasteiger partial charge in [-0.2, -0.15) is 4.31 Å². The normalized spacial score (nSPS) is 18.9. The van der Waals surface area contributed by atoms with Crippen LogP contribution in [-0.4, -0.2) is 42.1 Å². The third kappa shape index (κ3) is 3.08. The molecular weight excluding hydrogens is 266 g/mol. The molecule has 0 aromatic heterocycles. The Morgan fingerprint density at radius 1 is 1.32 bits per heavy atom. The maximum Gasteiger partial charge on any atom is 0.243 e. The molecular formula is C13H19NO4S. The fraction of sp³-hybridized carbons (Fsp3) is 0.538. The number of aliphatic hydroxyl groups is 1. The van der Waals surface area contributed by atoms with Gasteiger partial charge in [0.1, 0.15) is 5.75 Å². The van der Waals surface area contributed by atoms with Gasteiger partial charge in [0.05, 0.1) is 10.5 Å². The van der Waals surface area contributed by atoms with Gasteiger partial charge in [-0.25, -0.2) is 8.42 Å². The van der Waals surface area contributed by atoms with E-state index in [1.165, 1.54) is 31.3 Å². The fourth-order valence-electron chi connectivity index (χ4n) is 2.51. The molecule has 0 spiro atoms. The molecule has 106 valence electrons. The van der Waals surface area contributed by atoms with Crippen molar-refractivity contribution in [3.05, 3.63) is 24.3 Å². The Hall–Kier alpha value is -1.11. The Bertz CT molecular complexity index is 550. The van der Waals surface area contributed by atoms with Crippen molar-refractivity contribution in [3.63, 3.8) is 0 Å². The lowest BCUT2D eigenvalue weighted by Gasteiger charge is -2.28. The number of rotatable bonds is 4. The van der Waals surface area contributed by atoms with Crippen LogP contribution in [0.2, 0.25) is 0 Å². The van der Waals surface area contributed by atoms with Crippen molar-refractivity contribution >= 4 is 10.0 Å². The quantitative estimate of drug-likeness (QED) is 0.874. The standard InChI is InChI=1S/C13H19NO4S/c1-14(10-13(16)7-2-3-8-13)19(17,18)12-6-4-5-11(15)9-12/h4-6,9,15-16H,2-3,7-8,10H2,1H3. The van der Waals surface area contributed by atoms with E-state index in [2.05, 4.69) is 0 Å². The van der Waals surface area contributed by atoms with E-state index in [4.69, 9.17) is 0 Å². The summed E-state index contributed by atoms with van der Waals surface area (Å²) in [5.74, 6) is -0.0888. The number of benzene rings is 1. The van der Waals surface area contributed by atoms with Crippen molar-refractivity contribution in [2.24, 2.45) is 0 Å². The molecule has 1 saturated carbocycles. The highest BCUT2D eigenvalue weighted by atomic mass is 32.2. The third-order valence-corrected chi connectivity index (χ3v) is 5.38. The molecule has 6 heteroatoms. The number of nitrogens with zero attached hydrogens (tertiary/aromatic N) is 1. The van der Waals surface area contributed by atoms with Crippen LogP contribution >= 0.6 is 0 Å². The Kier molecular flexibility index (Phi) is 3.85. The van der Waals surface area contributed by atoms with Crippen LogP contribution in [0.1, 0.15) is 25.7 Å². The summed E-state index contributed by atoms with van der Waals surface area (Å²) in [5, 5.41) is 19.6. The van der Waals surface area contributed by atoms with Gasteiger partial charge in [0, 0.05) is 13.6 Å². The number of hydrogen-bond donors (Lipinski definition) is 2. The van der Waals surface area contributed by atoms with Crippen molar-refractivity contribution in [1.82, 2.24) is 4.31 Å². The second-order valence-corrected chi connectivity index (χ2v) is 7.23. The predicted octanol–water partition coefficient (Wildman–Crippen LogP) is 1.32. The molecule has 0 unspecified atom stereocenters. The first kappa shape index (κ1) is 14.3. The fourth-order valence-corrected chi connectivity index (χ4v) is 3.80. The van der Waals surface area contributed by atoms with Crippen molar-refractivity contribution in [1.29, 1.82) is 0 Å². The van der Waals surface area contributed by atoms with Crippen LogP contribution in [0.5, 0.6) is 5.75 Å². The van der Waals surface area contributed by atoms with E-state index in [9.17, 15) is 18.6 Å². The second-order valence-electron chi connectivity index (χ2n) is 5.19. The van der Waals surface area contributed by atoms with E-state index in [1.807, 2.05) is 0 Å². The largest absolute Gasteiger partial charge is 0.508 e. The lowest BCUT2D eigenvalue weighted by Crippen LogP contribution is -2.41. The minimum absolute atomic E-state index is 0.0385. The monoisotopic (exact) mass is 285 g/mol. The van der Waals surface area contributed by atoms with Gasteiger partial charge in [0.25, 0.3) is 0 Å². The molecule has 0 saturated heterocycles. The molecule has 19 heavy (non-hydrogen) atoms. The van der Waals surface area contributed by atoms with Crippen LogP contribution in [0.15, 0.2) is 29.2 Å². The SMILES string of the molecule is CN(CC1(O)CCCC1)S(=O)(=O)c1cccc(O)c1. The average Bonchev–Trinajstić information content (AvgIpc) is 2.75. The van der Waals surface area contributed by atoms with E-state index in [-0.39, 0.29) is 17.2 Å². The first-order valence-corrected chi connectivity index (χ1v) is 7.75. The Labute approximate surface area is 113 Å². The molecule has 1 aromatic carbocycles. The smallest absolute Gasteiger partial charge is 0.243 e. The van der Waals surface area contributed by atoms with Gasteiger partial charge in [-0.3, -0.25) is 0 Å². The highest BCUT2D eigenvalue weighted by Gasteiger charge is 2.35. The molecule has 1 aliphatic carbocycles. The van der Waals surface area contributed by atoms with Gasteiger partial charge < -0.3 is 10.2 Å². The van der Waals surface area contributed by atoms with Gasteiger partial charge in [-0.15, -0.1) is 0 Å². The minimum atomic E-state index is -3.67. The summed E-state index contributed by atoms with van der Waals surface area (Å²) in [6.07, 6.45) is 3.12. The maximum absolute atomic E-state index is 12.3. The molecule has 1 aromatic rings. The van der Waals surface area contributed by atoms with Crippen LogP contribution < -0.4 is 0 Å². The number of phenolic OH excluding ortho intramolecular Hbond substituents is 1. The summed E-state index contributed by atoms with van der Waals surface area (Å²) >= 11 is 0. The third-order valence-electron chi connectivity index (χ3n) is 3.58. The van der Waals surface area contributed by atoms with Crippen LogP contribution in [-0.2, 0) is 10.0 Å². The topological polar surface area (TPSA) is 77.8 Å². The molecule has 0 bridgehead atoms. The van der Waals surface area contributed by atoms with E-state index in [0.717, 1.165) is 17.1 Å². The Morgan fingerprint density at radius 2 is 1.95 bits per heavy atom. The van der Waals surface area contributed by atoms with Gasteiger partial charge in [0.15, 0.2) is 0 Å². The summed E-state index contributed by atoms with van der Waals surface area (Å²) in [7, 11) is -2.22. The van der Waals surface area contributed by atoms with Crippen LogP contribution in [0.3, 0.4) is 0 Å². The number of sulfonamides is 1. The maximum atomic E-state index is 12.3. The predicted molar refractivity (Wildman–Crippen MR) is 71.3 cm³/mol. The molecule has 1 aliphatic rings. The summed E-state index contributed by atoms with van der Waals surface area (Å²) < 4.78 is 25.8. The lowest BCUT2D eigenvalue weighted by molar-refractivity contribution is 0.0333. The zero-order valence-corrected chi connectivity index (χ0v) is 11.7. The van der Waals surface area contributed by atoms with Gasteiger partial charge in [-0.1, -0.05) is 18.9 Å². The molecule has 0 radical (unpaired) electrons. The van der Waals surface area contributed by atoms with Gasteiger partial charge in [0.2, 0.25) is 10.0 Å². The molecule has 0 aliphatic heterocycles. The van der Waals surface area contributed by atoms with E-state index < -0.39 is 15.6 Å². The van der Waals surface area contributed by atoms with Crippen molar-refractivity contribution in [2.45, 2.75) is 36.2 Å². The highest BCUT2D eigenvalue weighted by molar-refractivity contribution is 7.89. The first-order chi connectivity index (χ1) is 8.83. The molecule has 0 heterocycles. The molecule has 2 rings (SSSR count). The first-order valence-electron chi connectivity index (χ1n) is 6.31. The van der Waals surface area contributed by atoms with Crippen LogP contribution in [0, 0.1) is 0 Å². The van der Waals surface area contributed by atoms with E-state index >= 15 is 0 Å². The summed E-state index contributed by atoms with van der Waals surface area (Å²) in [6.45, 7) is 0.0883. The van der Waals surface area contributed by atoms with Gasteiger partial charge >= 0.3 is 0 Å². The zero-order chi connectivity index (χ0) is 14.1. The summed E-state index contributed by atoms with van der Waals surface area (Å²) in [5.41, 5.74) is -0.918. The number of hydrogen-bond acceptors (Lipinski definition) is 4. The van der Waals surface area contributed by atoms with E-state index in [0.29, 0.717) is 12.8 Å². The molecule has 0 amide bonds. The van der Waals surface area contributed by atoms with Gasteiger partial charge in [-0.05, 0) is 31.0 Å². The minimum Gasteiger partial charge on any atom is -0.508 e. The summed E-state index contributed by atoms with van der Waals surface area (Å²) in [4.78, 5) is 0.0385. The Balaban J connectivity index is 2.19. The molecule has 0 atom stereocenters. The average molecular weight is 285 g/mol. The van der Waals surface area contributed by atoms with Crippen molar-refractivity contribution in [2.75, 3.05) is 13.6 Å². The highest BCUT2D eigenvalue weighted by Crippen LogP contribution is 2.31. The molecule has 2 N–H and O–H groups in total. The van der Waals surface area contributed by atoms with Crippen molar-refractivity contribution in [3.8, 4) is 5.75 Å². The molecule has 5 nitrogen and oxygen atoms in total. The number of likely N-dealkylation sites (N-methyl/N-ethyl adjacent to an activating group) is 1. The Morgan fingerprint density at radius 3 is 2.53 bits per heavy atom. The van der Waals surface area contributed by atoms with Crippen molar-refractivity contribution < 1.29 is 18.6 Å². The zero-order valence-electron chi connectivity index (χ0n) is 10.9. The summed E-state index contributed by atoms with van der Waals surface area (Å²) in [6, 6.07) is 5.55. The second kappa shape index (κ2) is 5.11. The van der Waals surface area contributed by atoms with Crippen LogP contribution in [0.4, 0.5) is 0 Å². The number of phenols is 1. The van der Waals surface area contributed by atoms with Crippen LogP contribution in [0.25, 0.3) is 0 Å². The van der Waals surface area contributed by atoms with E-state index in [1.54, 1.807) is 0 Å². The number of aromatic hydroxyl groups is 1. The lowest BCUT2D eigenvalue weighted by atomic mass is 10.0.